The summed E-state index contributed by atoms with van der Waals surface area (Å²) >= 11 is 1.22. The number of halogens is 1. The molecule has 1 heterocycles. The Morgan fingerprint density at radius 2 is 1.92 bits per heavy atom. The normalized spacial score (nSPS) is 11.9. The van der Waals surface area contributed by atoms with Gasteiger partial charge in [0.2, 0.25) is 11.1 Å². The van der Waals surface area contributed by atoms with Gasteiger partial charge in [-0.1, -0.05) is 42.1 Å². The van der Waals surface area contributed by atoms with E-state index in [4.69, 9.17) is 0 Å². The number of carbonyl (C=O) groups excluding carboxylic acids is 1. The summed E-state index contributed by atoms with van der Waals surface area (Å²) in [5.74, 6) is -0.269. The van der Waals surface area contributed by atoms with E-state index >= 15 is 0 Å². The molecule has 8 heteroatoms. The van der Waals surface area contributed by atoms with E-state index in [0.29, 0.717) is 10.8 Å². The van der Waals surface area contributed by atoms with Crippen LogP contribution >= 0.6 is 11.8 Å². The zero-order valence-electron chi connectivity index (χ0n) is 13.5. The molecular formula is C17H16FN5OS. The molecule has 0 fully saturated rings. The Labute approximate surface area is 148 Å². The van der Waals surface area contributed by atoms with Gasteiger partial charge in [0.05, 0.1) is 17.5 Å². The van der Waals surface area contributed by atoms with Crippen molar-refractivity contribution in [2.24, 2.45) is 0 Å². The fraction of sp³-hybridized carbons (Fsp3) is 0.176. The number of amides is 1. The number of rotatable bonds is 6. The number of benzene rings is 2. The lowest BCUT2D eigenvalue weighted by atomic mass is 10.1. The van der Waals surface area contributed by atoms with Crippen LogP contribution in [0.2, 0.25) is 0 Å². The Bertz CT molecular complexity index is 838. The highest BCUT2D eigenvalue weighted by Crippen LogP contribution is 2.19. The molecule has 2 aromatic carbocycles. The lowest BCUT2D eigenvalue weighted by molar-refractivity contribution is -0.119. The van der Waals surface area contributed by atoms with E-state index in [0.717, 1.165) is 5.56 Å². The van der Waals surface area contributed by atoms with Crippen LogP contribution in [0.15, 0.2) is 59.8 Å². The van der Waals surface area contributed by atoms with Crippen LogP contribution in [0.4, 0.5) is 4.39 Å². The van der Waals surface area contributed by atoms with Crippen LogP contribution in [0.5, 0.6) is 0 Å². The molecule has 0 bridgehead atoms. The Balaban J connectivity index is 1.60. The molecule has 0 radical (unpaired) electrons. The molecule has 1 aromatic heterocycles. The lowest BCUT2D eigenvalue weighted by Gasteiger charge is -2.13. The maximum Gasteiger partial charge on any atom is 0.230 e. The van der Waals surface area contributed by atoms with E-state index in [2.05, 4.69) is 20.8 Å². The molecular weight excluding hydrogens is 341 g/mol. The number of nitrogens with one attached hydrogen (secondary N) is 1. The number of tetrazole rings is 1. The van der Waals surface area contributed by atoms with Crippen LogP contribution in [0, 0.1) is 5.82 Å². The zero-order valence-corrected chi connectivity index (χ0v) is 14.3. The molecule has 0 spiro atoms. The van der Waals surface area contributed by atoms with Crippen LogP contribution in [0.25, 0.3) is 5.69 Å². The fourth-order valence-electron chi connectivity index (χ4n) is 2.25. The highest BCUT2D eigenvalue weighted by Gasteiger charge is 2.13. The quantitative estimate of drug-likeness (QED) is 0.687. The Morgan fingerprint density at radius 3 is 2.64 bits per heavy atom. The second-order valence-corrected chi connectivity index (χ2v) is 6.28. The van der Waals surface area contributed by atoms with Crippen molar-refractivity contribution in [3.8, 4) is 5.69 Å². The van der Waals surface area contributed by atoms with E-state index < -0.39 is 0 Å². The maximum absolute atomic E-state index is 13.0. The SMILES string of the molecule is C[C@H](NC(=O)CSc1nnnn1-c1ccc(F)cc1)c1ccccc1. The molecule has 1 N–H and O–H groups in total. The summed E-state index contributed by atoms with van der Waals surface area (Å²) in [6.07, 6.45) is 0. The summed E-state index contributed by atoms with van der Waals surface area (Å²) in [6.45, 7) is 1.93. The minimum Gasteiger partial charge on any atom is -0.349 e. The van der Waals surface area contributed by atoms with Crippen molar-refractivity contribution in [2.75, 3.05) is 5.75 Å². The molecule has 3 aromatic rings. The highest BCUT2D eigenvalue weighted by atomic mass is 32.2. The van der Waals surface area contributed by atoms with Gasteiger partial charge in [-0.3, -0.25) is 4.79 Å². The standard InChI is InChI=1S/C17H16FN5OS/c1-12(13-5-3-2-4-6-13)19-16(24)11-25-17-20-21-22-23(17)15-9-7-14(18)8-10-15/h2-10,12H,11H2,1H3,(H,19,24)/t12-/m0/s1. The molecule has 0 aliphatic heterocycles. The van der Waals surface area contributed by atoms with Gasteiger partial charge >= 0.3 is 0 Å². The molecule has 6 nitrogen and oxygen atoms in total. The highest BCUT2D eigenvalue weighted by molar-refractivity contribution is 7.99. The van der Waals surface area contributed by atoms with Crippen LogP contribution in [-0.4, -0.2) is 31.9 Å². The van der Waals surface area contributed by atoms with E-state index in [9.17, 15) is 9.18 Å². The first kappa shape index (κ1) is 17.1. The first-order valence-electron chi connectivity index (χ1n) is 7.65. The maximum atomic E-state index is 13.0. The third-order valence-electron chi connectivity index (χ3n) is 3.52. The number of nitrogens with zero attached hydrogens (tertiary/aromatic N) is 4. The zero-order chi connectivity index (χ0) is 17.6. The van der Waals surface area contributed by atoms with Gasteiger partial charge in [0.15, 0.2) is 0 Å². The van der Waals surface area contributed by atoms with Gasteiger partial charge in [-0.25, -0.2) is 4.39 Å². The van der Waals surface area contributed by atoms with Gasteiger partial charge < -0.3 is 5.32 Å². The third-order valence-corrected chi connectivity index (χ3v) is 4.44. The first-order chi connectivity index (χ1) is 12.1. The number of aromatic nitrogens is 4. The van der Waals surface area contributed by atoms with Crippen molar-refractivity contribution in [3.63, 3.8) is 0 Å². The third kappa shape index (κ3) is 4.42. The molecule has 0 unspecified atom stereocenters. The summed E-state index contributed by atoms with van der Waals surface area (Å²) in [4.78, 5) is 12.2. The lowest BCUT2D eigenvalue weighted by Crippen LogP contribution is -2.28. The monoisotopic (exact) mass is 357 g/mol. The Morgan fingerprint density at radius 1 is 1.20 bits per heavy atom. The topological polar surface area (TPSA) is 72.7 Å². The molecule has 0 saturated heterocycles. The summed E-state index contributed by atoms with van der Waals surface area (Å²) in [6, 6.07) is 15.5. The second kappa shape index (κ2) is 7.89. The molecule has 1 amide bonds. The van der Waals surface area contributed by atoms with Crippen molar-refractivity contribution < 1.29 is 9.18 Å². The molecule has 128 valence electrons. The first-order valence-corrected chi connectivity index (χ1v) is 8.63. The van der Waals surface area contributed by atoms with E-state index in [1.54, 1.807) is 12.1 Å². The van der Waals surface area contributed by atoms with Gasteiger partial charge in [0.25, 0.3) is 0 Å². The van der Waals surface area contributed by atoms with Crippen LogP contribution in [0.3, 0.4) is 0 Å². The molecule has 3 rings (SSSR count). The van der Waals surface area contributed by atoms with E-state index in [1.807, 2.05) is 37.3 Å². The number of hydrogen-bond donors (Lipinski definition) is 1. The molecule has 0 aliphatic carbocycles. The predicted molar refractivity (Wildman–Crippen MR) is 92.8 cm³/mol. The molecule has 1 atom stereocenters. The summed E-state index contributed by atoms with van der Waals surface area (Å²) in [7, 11) is 0. The van der Waals surface area contributed by atoms with Gasteiger partial charge in [0, 0.05) is 0 Å². The summed E-state index contributed by atoms with van der Waals surface area (Å²) in [5, 5.41) is 14.8. The molecule has 0 saturated carbocycles. The van der Waals surface area contributed by atoms with Gasteiger partial charge in [-0.05, 0) is 47.2 Å². The number of thioether (sulfide) groups is 1. The number of carbonyl (C=O) groups is 1. The van der Waals surface area contributed by atoms with Crippen molar-refractivity contribution >= 4 is 17.7 Å². The van der Waals surface area contributed by atoms with Crippen molar-refractivity contribution in [2.45, 2.75) is 18.1 Å². The molecule has 25 heavy (non-hydrogen) atoms. The predicted octanol–water partition coefficient (Wildman–Crippen LogP) is 2.77. The minimum absolute atomic E-state index is 0.0811. The largest absolute Gasteiger partial charge is 0.349 e. The molecule has 0 aliphatic rings. The smallest absolute Gasteiger partial charge is 0.230 e. The van der Waals surface area contributed by atoms with E-state index in [-0.39, 0.29) is 23.5 Å². The average molecular weight is 357 g/mol. The second-order valence-electron chi connectivity index (χ2n) is 5.34. The Kier molecular flexibility index (Phi) is 5.39. The van der Waals surface area contributed by atoms with Crippen LogP contribution in [0.1, 0.15) is 18.5 Å². The van der Waals surface area contributed by atoms with Crippen molar-refractivity contribution in [3.05, 3.63) is 66.0 Å². The van der Waals surface area contributed by atoms with Gasteiger partial charge in [-0.15, -0.1) is 5.10 Å². The van der Waals surface area contributed by atoms with Crippen molar-refractivity contribution in [1.29, 1.82) is 0 Å². The fourth-order valence-corrected chi connectivity index (χ4v) is 2.95. The van der Waals surface area contributed by atoms with Gasteiger partial charge in [0.1, 0.15) is 5.82 Å². The summed E-state index contributed by atoms with van der Waals surface area (Å²) in [5.41, 5.74) is 1.67. The van der Waals surface area contributed by atoms with Gasteiger partial charge in [-0.2, -0.15) is 4.68 Å². The van der Waals surface area contributed by atoms with Crippen LogP contribution < -0.4 is 5.32 Å². The van der Waals surface area contributed by atoms with E-state index in [1.165, 1.54) is 28.6 Å². The van der Waals surface area contributed by atoms with Crippen LogP contribution in [-0.2, 0) is 4.79 Å². The number of hydrogen-bond acceptors (Lipinski definition) is 5. The summed E-state index contributed by atoms with van der Waals surface area (Å²) < 4.78 is 14.5. The average Bonchev–Trinajstić information content (AvgIpc) is 3.10. The van der Waals surface area contributed by atoms with Crippen molar-refractivity contribution in [1.82, 2.24) is 25.5 Å². The Hall–Kier alpha value is -2.74. The minimum atomic E-state index is -0.333.